The van der Waals surface area contributed by atoms with Crippen LogP contribution >= 0.6 is 0 Å². The Bertz CT molecular complexity index is 1250. The van der Waals surface area contributed by atoms with Gasteiger partial charge in [0.05, 0.1) is 0 Å². The smallest absolute Gasteiger partial charge is 0.133 e. The van der Waals surface area contributed by atoms with E-state index in [9.17, 15) is 0 Å². The SMILES string of the molecule is CCN(CC)c1ccc(C(=CC=Cc2ccc(C=C(C#N)C#N)o2)c2ccc(N(CC)CC)cc2)cc1. The van der Waals surface area contributed by atoms with Crippen molar-refractivity contribution in [3.05, 3.63) is 101 Å². The molecule has 0 aliphatic heterocycles. The molecule has 0 spiro atoms. The molecule has 0 amide bonds. The normalized spacial score (nSPS) is 10.4. The Kier molecular flexibility index (Phi) is 9.94. The molecule has 0 aliphatic carbocycles. The van der Waals surface area contributed by atoms with Crippen LogP contribution in [0.2, 0.25) is 0 Å². The van der Waals surface area contributed by atoms with Crippen LogP contribution in [0.5, 0.6) is 0 Å². The molecule has 5 heteroatoms. The zero-order valence-electron chi connectivity index (χ0n) is 22.1. The summed E-state index contributed by atoms with van der Waals surface area (Å²) in [4.78, 5) is 4.66. The minimum absolute atomic E-state index is 0.00776. The number of anilines is 2. The summed E-state index contributed by atoms with van der Waals surface area (Å²) in [6, 6.07) is 24.7. The first kappa shape index (κ1) is 27.1. The second-order valence-corrected chi connectivity index (χ2v) is 8.40. The van der Waals surface area contributed by atoms with E-state index in [1.807, 2.05) is 30.4 Å². The van der Waals surface area contributed by atoms with Gasteiger partial charge in [-0.25, -0.2) is 0 Å². The van der Waals surface area contributed by atoms with Crippen molar-refractivity contribution < 1.29 is 4.42 Å². The van der Waals surface area contributed by atoms with E-state index in [4.69, 9.17) is 14.9 Å². The van der Waals surface area contributed by atoms with Crippen LogP contribution in [0.15, 0.2) is 82.8 Å². The number of allylic oxidation sites excluding steroid dienone is 3. The standard InChI is InChI=1S/C32H34N4O/c1-5-35(6-2)28-16-12-26(13-17-28)32(27-14-18-29(19-15-27)36(7-3)8-4)11-9-10-30-20-21-31(37-30)22-25(23-33)24-34/h9-22H,5-8H2,1-4H3. The van der Waals surface area contributed by atoms with Crippen molar-refractivity contribution in [2.45, 2.75) is 27.7 Å². The molecule has 1 heterocycles. The third-order valence-electron chi connectivity index (χ3n) is 6.31. The van der Waals surface area contributed by atoms with Gasteiger partial charge in [0.25, 0.3) is 0 Å². The summed E-state index contributed by atoms with van der Waals surface area (Å²) in [5.41, 5.74) is 5.81. The molecule has 3 rings (SSSR count). The van der Waals surface area contributed by atoms with E-state index in [0.29, 0.717) is 11.5 Å². The topological polar surface area (TPSA) is 67.2 Å². The van der Waals surface area contributed by atoms with Crippen molar-refractivity contribution >= 4 is 29.1 Å². The van der Waals surface area contributed by atoms with Crippen molar-refractivity contribution in [2.24, 2.45) is 0 Å². The van der Waals surface area contributed by atoms with Gasteiger partial charge in [-0.2, -0.15) is 10.5 Å². The molecule has 2 aromatic carbocycles. The lowest BCUT2D eigenvalue weighted by Gasteiger charge is -2.22. The molecule has 0 saturated heterocycles. The van der Waals surface area contributed by atoms with E-state index in [1.54, 1.807) is 6.07 Å². The average molecular weight is 491 g/mol. The molecule has 3 aromatic rings. The summed E-state index contributed by atoms with van der Waals surface area (Å²) < 4.78 is 5.74. The molecule has 0 fully saturated rings. The van der Waals surface area contributed by atoms with Crippen molar-refractivity contribution in [1.82, 2.24) is 0 Å². The highest BCUT2D eigenvalue weighted by Crippen LogP contribution is 2.28. The van der Waals surface area contributed by atoms with Crippen molar-refractivity contribution in [2.75, 3.05) is 36.0 Å². The lowest BCUT2D eigenvalue weighted by Crippen LogP contribution is -2.21. The third kappa shape index (κ3) is 7.03. The van der Waals surface area contributed by atoms with Gasteiger partial charge in [0, 0.05) is 43.6 Å². The maximum absolute atomic E-state index is 8.95. The zero-order chi connectivity index (χ0) is 26.6. The molecule has 188 valence electrons. The monoisotopic (exact) mass is 490 g/mol. The molecular formula is C32H34N4O. The molecule has 1 aromatic heterocycles. The Hall–Kier alpha value is -4.48. The van der Waals surface area contributed by atoms with E-state index in [1.165, 1.54) is 17.5 Å². The molecule has 0 N–H and O–H groups in total. The maximum atomic E-state index is 8.95. The molecule has 0 saturated carbocycles. The predicted octanol–water partition coefficient (Wildman–Crippen LogP) is 7.55. The number of nitriles is 2. The van der Waals surface area contributed by atoms with E-state index in [0.717, 1.165) is 42.9 Å². The summed E-state index contributed by atoms with van der Waals surface area (Å²) in [6.07, 6.45) is 7.37. The Morgan fingerprint density at radius 3 is 1.59 bits per heavy atom. The lowest BCUT2D eigenvalue weighted by molar-refractivity contribution is 0.547. The number of benzene rings is 2. The van der Waals surface area contributed by atoms with Gasteiger partial charge in [-0.15, -0.1) is 0 Å². The number of hydrogen-bond donors (Lipinski definition) is 0. The van der Waals surface area contributed by atoms with Crippen LogP contribution in [-0.2, 0) is 0 Å². The Morgan fingerprint density at radius 2 is 1.16 bits per heavy atom. The molecule has 0 bridgehead atoms. The summed E-state index contributed by atoms with van der Waals surface area (Å²) >= 11 is 0. The van der Waals surface area contributed by atoms with E-state index < -0.39 is 0 Å². The molecule has 0 radical (unpaired) electrons. The van der Waals surface area contributed by atoms with Crippen LogP contribution in [0.1, 0.15) is 50.3 Å². The summed E-state index contributed by atoms with van der Waals surface area (Å²) in [7, 11) is 0. The zero-order valence-corrected chi connectivity index (χ0v) is 22.1. The van der Waals surface area contributed by atoms with Crippen LogP contribution in [-0.4, -0.2) is 26.2 Å². The maximum Gasteiger partial charge on any atom is 0.133 e. The van der Waals surface area contributed by atoms with Gasteiger partial charge >= 0.3 is 0 Å². The Morgan fingerprint density at radius 1 is 0.703 bits per heavy atom. The first-order chi connectivity index (χ1) is 18.1. The lowest BCUT2D eigenvalue weighted by atomic mass is 9.96. The van der Waals surface area contributed by atoms with Crippen LogP contribution in [0.4, 0.5) is 11.4 Å². The predicted molar refractivity (Wildman–Crippen MR) is 154 cm³/mol. The van der Waals surface area contributed by atoms with Gasteiger partial charge in [-0.1, -0.05) is 36.4 Å². The first-order valence-corrected chi connectivity index (χ1v) is 12.8. The average Bonchev–Trinajstić information content (AvgIpc) is 3.39. The van der Waals surface area contributed by atoms with Gasteiger partial charge in [-0.05, 0) is 86.9 Å². The van der Waals surface area contributed by atoms with Crippen LogP contribution < -0.4 is 9.80 Å². The van der Waals surface area contributed by atoms with Crippen LogP contribution in [0.25, 0.3) is 17.7 Å². The summed E-state index contributed by atoms with van der Waals surface area (Å²) in [5, 5.41) is 17.9. The highest BCUT2D eigenvalue weighted by Gasteiger charge is 2.09. The second kappa shape index (κ2) is 13.6. The van der Waals surface area contributed by atoms with Gasteiger partial charge in [0.2, 0.25) is 0 Å². The fraction of sp³-hybridized carbons (Fsp3) is 0.250. The molecular weight excluding hydrogens is 456 g/mol. The molecule has 37 heavy (non-hydrogen) atoms. The third-order valence-corrected chi connectivity index (χ3v) is 6.31. The van der Waals surface area contributed by atoms with Crippen LogP contribution in [0.3, 0.4) is 0 Å². The van der Waals surface area contributed by atoms with Crippen LogP contribution in [0, 0.1) is 22.7 Å². The summed E-state index contributed by atoms with van der Waals surface area (Å²) in [6.45, 7) is 12.6. The Labute approximate surface area is 220 Å². The number of hydrogen-bond acceptors (Lipinski definition) is 5. The molecule has 0 atom stereocenters. The molecule has 0 unspecified atom stereocenters. The van der Waals surface area contributed by atoms with Gasteiger partial charge in [0.15, 0.2) is 0 Å². The van der Waals surface area contributed by atoms with Gasteiger partial charge in [-0.3, -0.25) is 0 Å². The van der Waals surface area contributed by atoms with Crippen molar-refractivity contribution in [1.29, 1.82) is 10.5 Å². The van der Waals surface area contributed by atoms with E-state index in [-0.39, 0.29) is 5.57 Å². The minimum Gasteiger partial charge on any atom is -0.457 e. The molecule has 5 nitrogen and oxygen atoms in total. The van der Waals surface area contributed by atoms with E-state index in [2.05, 4.69) is 92.1 Å². The van der Waals surface area contributed by atoms with Crippen molar-refractivity contribution in [3.63, 3.8) is 0 Å². The highest BCUT2D eigenvalue weighted by molar-refractivity contribution is 5.82. The Balaban J connectivity index is 1.95. The fourth-order valence-corrected chi connectivity index (χ4v) is 4.25. The number of furan rings is 1. The summed E-state index contributed by atoms with van der Waals surface area (Å²) in [5.74, 6) is 1.12. The van der Waals surface area contributed by atoms with Gasteiger partial charge in [0.1, 0.15) is 29.2 Å². The fourth-order valence-electron chi connectivity index (χ4n) is 4.25. The highest BCUT2D eigenvalue weighted by atomic mass is 16.3. The molecule has 0 aliphatic rings. The van der Waals surface area contributed by atoms with Crippen molar-refractivity contribution in [3.8, 4) is 12.1 Å². The minimum atomic E-state index is 0.00776. The second-order valence-electron chi connectivity index (χ2n) is 8.40. The van der Waals surface area contributed by atoms with Gasteiger partial charge < -0.3 is 14.2 Å². The number of rotatable bonds is 11. The quantitative estimate of drug-likeness (QED) is 0.205. The first-order valence-electron chi connectivity index (χ1n) is 12.8. The number of nitrogens with zero attached hydrogens (tertiary/aromatic N) is 4. The largest absolute Gasteiger partial charge is 0.457 e. The van der Waals surface area contributed by atoms with E-state index >= 15 is 0 Å².